The van der Waals surface area contributed by atoms with Gasteiger partial charge in [0.15, 0.2) is 6.10 Å². The van der Waals surface area contributed by atoms with Crippen molar-refractivity contribution in [3.63, 3.8) is 0 Å². The summed E-state index contributed by atoms with van der Waals surface area (Å²) in [6, 6.07) is 6.67. The van der Waals surface area contributed by atoms with Crippen LogP contribution >= 0.6 is 23.2 Å². The highest BCUT2D eigenvalue weighted by molar-refractivity contribution is 6.33. The lowest BCUT2D eigenvalue weighted by atomic mass is 10.0. The van der Waals surface area contributed by atoms with E-state index in [1.54, 1.807) is 0 Å². The Morgan fingerprint density at radius 1 is 1.00 bits per heavy atom. The molecule has 11 heteroatoms. The number of halogens is 2. The van der Waals surface area contributed by atoms with Crippen LogP contribution in [0.25, 0.3) is 0 Å². The minimum atomic E-state index is -0.234. The Hall–Kier alpha value is -1.88. The van der Waals surface area contributed by atoms with Crippen LogP contribution in [0.1, 0.15) is 19.3 Å². The molecule has 3 unspecified atom stereocenters. The number of nitrogens with one attached hydrogen (secondary N) is 1. The summed E-state index contributed by atoms with van der Waals surface area (Å²) in [6.07, 6.45) is 4.53. The fourth-order valence-corrected chi connectivity index (χ4v) is 6.23. The van der Waals surface area contributed by atoms with Gasteiger partial charge in [-0.25, -0.2) is 4.98 Å². The number of aromatic nitrogens is 2. The Bertz CT molecular complexity index is 1090. The lowest BCUT2D eigenvalue weighted by molar-refractivity contribution is 0.0290. The topological polar surface area (TPSA) is 75.2 Å². The van der Waals surface area contributed by atoms with Gasteiger partial charge in [0.05, 0.1) is 29.6 Å². The highest BCUT2D eigenvalue weighted by Crippen LogP contribution is 2.34. The molecule has 1 N–H and O–H groups in total. The third-order valence-corrected chi connectivity index (χ3v) is 8.52. The predicted molar refractivity (Wildman–Crippen MR) is 145 cm³/mol. The molecule has 37 heavy (non-hydrogen) atoms. The van der Waals surface area contributed by atoms with Crippen molar-refractivity contribution in [1.29, 1.82) is 0 Å². The van der Waals surface area contributed by atoms with Gasteiger partial charge in [-0.3, -0.25) is 4.90 Å². The van der Waals surface area contributed by atoms with E-state index in [1.165, 1.54) is 32.1 Å². The van der Waals surface area contributed by atoms with Gasteiger partial charge in [0, 0.05) is 57.6 Å². The molecule has 2 aromatic rings. The molecule has 0 aliphatic carbocycles. The van der Waals surface area contributed by atoms with Crippen molar-refractivity contribution in [3.8, 4) is 5.88 Å². The van der Waals surface area contributed by atoms with Crippen LogP contribution in [-0.4, -0.2) is 104 Å². The summed E-state index contributed by atoms with van der Waals surface area (Å²) in [4.78, 5) is 16.3. The number of rotatable bonds is 6. The van der Waals surface area contributed by atoms with Crippen LogP contribution in [0.3, 0.4) is 0 Å². The molecular weight excluding hydrogens is 515 g/mol. The molecule has 0 spiro atoms. The van der Waals surface area contributed by atoms with E-state index in [0.717, 1.165) is 44.0 Å². The maximum Gasteiger partial charge on any atom is 0.237 e. The monoisotopic (exact) mass is 548 g/mol. The maximum atomic E-state index is 6.74. The molecule has 4 fully saturated rings. The summed E-state index contributed by atoms with van der Waals surface area (Å²) in [6.45, 7) is 7.84. The van der Waals surface area contributed by atoms with Crippen LogP contribution < -0.4 is 15.0 Å². The summed E-state index contributed by atoms with van der Waals surface area (Å²) in [5.74, 6) is 0.703. The number of hydrogen-bond acceptors (Lipinski definition) is 9. The van der Waals surface area contributed by atoms with Crippen molar-refractivity contribution in [1.82, 2.24) is 19.8 Å². The zero-order chi connectivity index (χ0) is 25.4. The first-order valence-corrected chi connectivity index (χ1v) is 14.0. The summed E-state index contributed by atoms with van der Waals surface area (Å²) in [5.41, 5.74) is 1.87. The molecule has 4 aliphatic heterocycles. The molecule has 0 saturated carbocycles. The van der Waals surface area contributed by atoms with Crippen LogP contribution in [-0.2, 0) is 9.47 Å². The Kier molecular flexibility index (Phi) is 7.61. The summed E-state index contributed by atoms with van der Waals surface area (Å²) in [5, 5.41) is 4.29. The van der Waals surface area contributed by atoms with E-state index >= 15 is 0 Å². The third kappa shape index (κ3) is 5.62. The second-order valence-corrected chi connectivity index (χ2v) is 11.2. The largest absolute Gasteiger partial charge is 0.468 e. The van der Waals surface area contributed by atoms with Gasteiger partial charge in [0.25, 0.3) is 0 Å². The average molecular weight is 550 g/mol. The number of likely N-dealkylation sites (N-methyl/N-ethyl adjacent to an activating group) is 1. The molecule has 6 rings (SSSR count). The van der Waals surface area contributed by atoms with Crippen molar-refractivity contribution >= 4 is 40.5 Å². The molecule has 5 heterocycles. The number of hydrogen-bond donors (Lipinski definition) is 1. The molecule has 0 radical (unpaired) electrons. The number of benzene rings is 1. The molecule has 3 atom stereocenters. The van der Waals surface area contributed by atoms with Gasteiger partial charge in [0.2, 0.25) is 11.8 Å². The van der Waals surface area contributed by atoms with Crippen molar-refractivity contribution < 1.29 is 14.2 Å². The summed E-state index contributed by atoms with van der Waals surface area (Å²) >= 11 is 13.1. The zero-order valence-electron chi connectivity index (χ0n) is 21.1. The van der Waals surface area contributed by atoms with Gasteiger partial charge in [-0.2, -0.15) is 4.98 Å². The minimum absolute atomic E-state index is 0.0829. The number of fused-ring (bicyclic) bond motifs is 1. The Morgan fingerprint density at radius 3 is 2.59 bits per heavy atom. The van der Waals surface area contributed by atoms with Crippen LogP contribution in [0.2, 0.25) is 10.0 Å². The van der Waals surface area contributed by atoms with E-state index in [9.17, 15) is 0 Å². The molecule has 200 valence electrons. The number of ether oxygens (including phenoxy) is 3. The first-order valence-electron chi connectivity index (χ1n) is 13.2. The first-order chi connectivity index (χ1) is 18.0. The lowest BCUT2D eigenvalue weighted by Gasteiger charge is -2.42. The highest BCUT2D eigenvalue weighted by atomic mass is 35.5. The van der Waals surface area contributed by atoms with Gasteiger partial charge >= 0.3 is 0 Å². The van der Waals surface area contributed by atoms with Crippen molar-refractivity contribution in [2.24, 2.45) is 0 Å². The van der Waals surface area contributed by atoms with Gasteiger partial charge in [-0.05, 0) is 44.5 Å². The van der Waals surface area contributed by atoms with E-state index in [2.05, 4.69) is 43.1 Å². The smallest absolute Gasteiger partial charge is 0.237 e. The standard InChI is InChI=1S/C26H34Cl2N6O3/c1-32-9-11-33(12-10-32)18-4-7-34(8-5-18)21-3-2-17(14-19(21)27)30-26-29-15-20(28)25(31-26)37-23-16-36-22-6-13-35-24(22)23/h2-3,14-15,18,22-24H,4-13,16H2,1H3,(H,29,30,31). The third-order valence-electron chi connectivity index (χ3n) is 7.96. The van der Waals surface area contributed by atoms with Crippen molar-refractivity contribution in [2.45, 2.75) is 43.6 Å². The second-order valence-electron chi connectivity index (χ2n) is 10.3. The number of piperidine rings is 1. The predicted octanol–water partition coefficient (Wildman–Crippen LogP) is 3.68. The van der Waals surface area contributed by atoms with E-state index in [4.69, 9.17) is 37.4 Å². The summed E-state index contributed by atoms with van der Waals surface area (Å²) in [7, 11) is 2.21. The number of anilines is 3. The number of piperazine rings is 1. The maximum absolute atomic E-state index is 6.74. The normalized spacial score (nSPS) is 27.4. The van der Waals surface area contributed by atoms with E-state index in [-0.39, 0.29) is 18.3 Å². The fraction of sp³-hybridized carbons (Fsp3) is 0.615. The molecule has 1 aromatic heterocycles. The van der Waals surface area contributed by atoms with Gasteiger partial charge < -0.3 is 29.3 Å². The lowest BCUT2D eigenvalue weighted by Crippen LogP contribution is -2.52. The Morgan fingerprint density at radius 2 is 1.81 bits per heavy atom. The molecule has 9 nitrogen and oxygen atoms in total. The van der Waals surface area contributed by atoms with Gasteiger partial charge in [0.1, 0.15) is 11.1 Å². The molecule has 0 amide bonds. The Balaban J connectivity index is 1.07. The molecule has 4 aliphatic rings. The van der Waals surface area contributed by atoms with Gasteiger partial charge in [-0.15, -0.1) is 0 Å². The van der Waals surface area contributed by atoms with Crippen LogP contribution in [0.15, 0.2) is 24.4 Å². The Labute approximate surface area is 228 Å². The quantitative estimate of drug-likeness (QED) is 0.581. The van der Waals surface area contributed by atoms with Crippen LogP contribution in [0, 0.1) is 0 Å². The van der Waals surface area contributed by atoms with Crippen LogP contribution in [0.5, 0.6) is 5.88 Å². The number of nitrogens with zero attached hydrogens (tertiary/aromatic N) is 5. The highest BCUT2D eigenvalue weighted by Gasteiger charge is 2.43. The molecule has 1 aromatic carbocycles. The van der Waals surface area contributed by atoms with Crippen molar-refractivity contribution in [3.05, 3.63) is 34.4 Å². The van der Waals surface area contributed by atoms with Crippen LogP contribution in [0.4, 0.5) is 17.3 Å². The minimum Gasteiger partial charge on any atom is -0.468 e. The summed E-state index contributed by atoms with van der Waals surface area (Å²) < 4.78 is 17.6. The van der Waals surface area contributed by atoms with E-state index in [1.807, 2.05) is 12.1 Å². The fourth-order valence-electron chi connectivity index (χ4n) is 5.80. The molecular formula is C26H34Cl2N6O3. The molecule has 0 bridgehead atoms. The average Bonchev–Trinajstić information content (AvgIpc) is 3.52. The van der Waals surface area contributed by atoms with E-state index < -0.39 is 0 Å². The SMILES string of the molecule is CN1CCN(C2CCN(c3ccc(Nc4ncc(Cl)c(OC5COC6CCOC65)n4)cc3Cl)CC2)CC1. The van der Waals surface area contributed by atoms with E-state index in [0.29, 0.717) is 41.1 Å². The zero-order valence-corrected chi connectivity index (χ0v) is 22.6. The first kappa shape index (κ1) is 25.4. The van der Waals surface area contributed by atoms with Crippen molar-refractivity contribution in [2.75, 3.05) is 69.7 Å². The van der Waals surface area contributed by atoms with Gasteiger partial charge in [-0.1, -0.05) is 23.2 Å². The molecule has 4 saturated heterocycles. The second kappa shape index (κ2) is 11.1.